The zero-order valence-corrected chi connectivity index (χ0v) is 44.2. The Morgan fingerprint density at radius 3 is 2.17 bits per heavy atom. The summed E-state index contributed by atoms with van der Waals surface area (Å²) in [5.41, 5.74) is 5.33. The minimum Gasteiger partial charge on any atom is -0.489 e. The Labute approximate surface area is 427 Å². The number of amides is 3. The number of carbonyl (C=O) groups excluding carboxylic acids is 4. The van der Waals surface area contributed by atoms with Crippen molar-refractivity contribution in [3.8, 4) is 22.3 Å². The maximum atomic E-state index is 14.3. The molecule has 2 aliphatic carbocycles. The number of nitrogens with zero attached hydrogens (tertiary/aromatic N) is 4. The van der Waals surface area contributed by atoms with Crippen molar-refractivity contribution in [2.24, 2.45) is 28.1 Å². The second kappa shape index (κ2) is 21.8. The van der Waals surface area contributed by atoms with E-state index >= 15 is 0 Å². The summed E-state index contributed by atoms with van der Waals surface area (Å²) in [4.78, 5) is 65.3. The first-order chi connectivity index (χ1) is 33.5. The zero-order chi connectivity index (χ0) is 51.6. The molecule has 0 bridgehead atoms. The van der Waals surface area contributed by atoms with Gasteiger partial charge >= 0.3 is 0 Å². The largest absolute Gasteiger partial charge is 0.489 e. The van der Waals surface area contributed by atoms with Gasteiger partial charge in [-0.1, -0.05) is 84.3 Å². The molecule has 380 valence electrons. The summed E-state index contributed by atoms with van der Waals surface area (Å²) < 4.78 is 12.4. The number of aryl methyl sites for hydroxylation is 1. The van der Waals surface area contributed by atoms with Crippen LogP contribution in [0.1, 0.15) is 108 Å². The van der Waals surface area contributed by atoms with E-state index in [-0.39, 0.29) is 59.5 Å². The molecule has 3 aliphatic rings. The summed E-state index contributed by atoms with van der Waals surface area (Å²) in [6.07, 6.45) is -1.52. The monoisotopic (exact) mass is 1010 g/mol. The predicted octanol–water partition coefficient (Wildman–Crippen LogP) is 8.15. The van der Waals surface area contributed by atoms with Crippen LogP contribution in [-0.4, -0.2) is 108 Å². The molecule has 4 N–H and O–H groups in total. The second-order valence-electron chi connectivity index (χ2n) is 21.9. The average Bonchev–Trinajstić information content (AvgIpc) is 3.96. The molecule has 1 aliphatic heterocycles. The van der Waals surface area contributed by atoms with Crippen LogP contribution in [0, 0.1) is 46.3 Å². The van der Waals surface area contributed by atoms with Crippen molar-refractivity contribution >= 4 is 52.1 Å². The molecular formula is C55H70ClN7O7S. The van der Waals surface area contributed by atoms with Crippen LogP contribution in [-0.2, 0) is 19.1 Å². The first-order valence-electron chi connectivity index (χ1n) is 24.7. The third kappa shape index (κ3) is 12.0. The van der Waals surface area contributed by atoms with Gasteiger partial charge in [0.25, 0.3) is 5.91 Å². The fraction of sp³-hybridized carbons (Fsp3) is 0.527. The van der Waals surface area contributed by atoms with E-state index in [1.165, 1.54) is 0 Å². The second-order valence-corrected chi connectivity index (χ2v) is 23.1. The quantitative estimate of drug-likeness (QED) is 0.0800. The Kier molecular flexibility index (Phi) is 16.4. The Balaban J connectivity index is 0.846. The number of piperazine rings is 1. The number of ether oxygens (including phenoxy) is 2. The zero-order valence-electron chi connectivity index (χ0n) is 42.7. The van der Waals surface area contributed by atoms with Gasteiger partial charge < -0.3 is 35.4 Å². The molecular weight excluding hydrogens is 938 g/mol. The van der Waals surface area contributed by atoms with Crippen LogP contribution in [0.4, 0.5) is 5.69 Å². The van der Waals surface area contributed by atoms with E-state index in [1.807, 2.05) is 88.7 Å². The molecule has 1 unspecified atom stereocenters. The van der Waals surface area contributed by atoms with Crippen LogP contribution in [0.3, 0.4) is 0 Å². The molecule has 1 aromatic heterocycles. The molecule has 0 radical (unpaired) electrons. The van der Waals surface area contributed by atoms with Crippen molar-refractivity contribution in [2.45, 2.75) is 119 Å². The van der Waals surface area contributed by atoms with Crippen LogP contribution in [0.5, 0.6) is 5.75 Å². The van der Waals surface area contributed by atoms with E-state index in [0.717, 1.165) is 53.6 Å². The molecule has 3 aromatic carbocycles. The summed E-state index contributed by atoms with van der Waals surface area (Å²) in [6.45, 7) is 23.6. The van der Waals surface area contributed by atoms with E-state index in [0.29, 0.717) is 35.1 Å². The molecule has 6 atom stereocenters. The Bertz CT molecular complexity index is 2580. The Morgan fingerprint density at radius 1 is 0.930 bits per heavy atom. The number of halogens is 1. The number of nitrogens with one attached hydrogen (secondary N) is 3. The van der Waals surface area contributed by atoms with Gasteiger partial charge in [-0.3, -0.25) is 24.1 Å². The molecule has 2 heterocycles. The van der Waals surface area contributed by atoms with Gasteiger partial charge in [-0.2, -0.15) is 5.26 Å². The molecule has 16 heteroatoms. The lowest BCUT2D eigenvalue weighted by Gasteiger charge is -2.63. The van der Waals surface area contributed by atoms with E-state index in [2.05, 4.69) is 64.5 Å². The molecule has 71 heavy (non-hydrogen) atoms. The van der Waals surface area contributed by atoms with Gasteiger partial charge in [-0.05, 0) is 86.6 Å². The highest BCUT2D eigenvalue weighted by molar-refractivity contribution is 7.13. The van der Waals surface area contributed by atoms with Crippen molar-refractivity contribution in [1.29, 1.82) is 5.26 Å². The number of hydrogen-bond acceptors (Lipinski definition) is 12. The van der Waals surface area contributed by atoms with Gasteiger partial charge in [0.1, 0.15) is 24.0 Å². The summed E-state index contributed by atoms with van der Waals surface area (Å²) in [5.74, 6) is -2.03. The number of ketones is 1. The molecule has 3 amide bonds. The van der Waals surface area contributed by atoms with E-state index in [1.54, 1.807) is 36.5 Å². The molecule has 3 fully saturated rings. The van der Waals surface area contributed by atoms with Crippen molar-refractivity contribution in [3.05, 3.63) is 99.6 Å². The number of thiazole rings is 1. The SMILES string of the molecule is Cc1ncsc1-c1ccc([C@H](C)NC(=O)[C@@H]2C[C@@H](O)CC2C(=O)[C@@H](NC(=O)[C@H](C)OCCN2CCN(c3ccc(C(=O)N[C@H]4C(C)(C)[C@H](Oc5ccc(C#N)c(Cl)c5)C4(C)C)cc3)CC2)C(C)(C)C)cc1. The predicted molar refractivity (Wildman–Crippen MR) is 277 cm³/mol. The normalized spacial score (nSPS) is 23.1. The summed E-state index contributed by atoms with van der Waals surface area (Å²) in [7, 11) is 0. The van der Waals surface area contributed by atoms with Crippen molar-refractivity contribution < 1.29 is 33.8 Å². The topological polar surface area (TPSA) is 186 Å². The maximum Gasteiger partial charge on any atom is 0.251 e. The minimum atomic E-state index is -0.902. The van der Waals surface area contributed by atoms with Crippen LogP contribution in [0.2, 0.25) is 5.02 Å². The fourth-order valence-corrected chi connectivity index (χ4v) is 12.0. The van der Waals surface area contributed by atoms with Crippen LogP contribution < -0.4 is 25.6 Å². The third-order valence-electron chi connectivity index (χ3n) is 14.9. The summed E-state index contributed by atoms with van der Waals surface area (Å²) in [5, 5.41) is 29.7. The number of Topliss-reactive ketones (excluding diaryl/α,β-unsaturated/α-hetero) is 1. The Morgan fingerprint density at radius 2 is 1.58 bits per heavy atom. The van der Waals surface area contributed by atoms with Crippen molar-refractivity contribution in [1.82, 2.24) is 25.8 Å². The summed E-state index contributed by atoms with van der Waals surface area (Å²) in [6, 6.07) is 21.4. The van der Waals surface area contributed by atoms with E-state index in [9.17, 15) is 29.5 Å². The van der Waals surface area contributed by atoms with Crippen LogP contribution in [0.25, 0.3) is 10.4 Å². The number of anilines is 1. The van der Waals surface area contributed by atoms with Crippen molar-refractivity contribution in [3.63, 3.8) is 0 Å². The maximum absolute atomic E-state index is 14.3. The van der Waals surface area contributed by atoms with Gasteiger partial charge in [0, 0.05) is 72.8 Å². The molecule has 4 aromatic rings. The number of nitriles is 1. The Hall–Kier alpha value is -5.37. The molecule has 0 spiro atoms. The number of aromatic nitrogens is 1. The smallest absolute Gasteiger partial charge is 0.251 e. The molecule has 14 nitrogen and oxygen atoms in total. The molecule has 1 saturated heterocycles. The first-order valence-corrected chi connectivity index (χ1v) is 25.9. The minimum absolute atomic E-state index is 0.147. The first kappa shape index (κ1) is 53.4. The molecule has 7 rings (SSSR count). The lowest BCUT2D eigenvalue weighted by atomic mass is 9.49. The number of benzene rings is 3. The number of aliphatic hydroxyl groups is 1. The van der Waals surface area contributed by atoms with Gasteiger partial charge in [0.15, 0.2) is 5.78 Å². The van der Waals surface area contributed by atoms with Crippen LogP contribution >= 0.6 is 22.9 Å². The van der Waals surface area contributed by atoms with Crippen LogP contribution in [0.15, 0.2) is 72.2 Å². The number of aliphatic hydroxyl groups excluding tert-OH is 1. The highest BCUT2D eigenvalue weighted by atomic mass is 35.5. The number of carbonyl (C=O) groups is 4. The van der Waals surface area contributed by atoms with Gasteiger partial charge in [-0.15, -0.1) is 11.3 Å². The average molecular weight is 1010 g/mol. The standard InChI is InChI=1S/C55H70ClN7O7S/c1-32(35-11-13-36(14-12-35)46-33(2)58-31-71-46)59-50(68)43-28-40(64)27-42(43)45(65)47(53(4,5)6)60-48(66)34(3)69-26-25-62-21-23-63(24-22-62)39-18-15-37(16-19-39)49(67)61-51-54(7,8)52(55(51,9)10)70-41-20-17-38(30-57)44(56)29-41/h11-20,29,31-32,34,40,42-43,47,51-52,64H,21-28H2,1-10H3,(H,59,68)(H,60,66)(H,61,67)/t32-,34-,40-,42?,43+,47+,51-,52-/m0/s1. The number of rotatable bonds is 17. The van der Waals surface area contributed by atoms with E-state index < -0.39 is 41.4 Å². The number of hydrogen-bond donors (Lipinski definition) is 4. The van der Waals surface area contributed by atoms with Gasteiger partial charge in [-0.25, -0.2) is 4.98 Å². The molecule has 2 saturated carbocycles. The van der Waals surface area contributed by atoms with Crippen molar-refractivity contribution in [2.75, 3.05) is 44.2 Å². The summed E-state index contributed by atoms with van der Waals surface area (Å²) >= 11 is 7.85. The third-order valence-corrected chi connectivity index (χ3v) is 16.2. The van der Waals surface area contributed by atoms with E-state index in [4.69, 9.17) is 21.1 Å². The fourth-order valence-electron chi connectivity index (χ4n) is 11.0. The van der Waals surface area contributed by atoms with Gasteiger partial charge in [0.2, 0.25) is 11.8 Å². The van der Waals surface area contributed by atoms with Gasteiger partial charge in [0.05, 0.1) is 57.4 Å². The lowest BCUT2D eigenvalue weighted by molar-refractivity contribution is -0.164. The highest BCUT2D eigenvalue weighted by Gasteiger charge is 2.64. The lowest BCUT2D eigenvalue weighted by Crippen LogP contribution is -2.74. The highest BCUT2D eigenvalue weighted by Crippen LogP contribution is 2.55.